The average Bonchev–Trinajstić information content (AvgIpc) is 3.17. The van der Waals surface area contributed by atoms with E-state index >= 15 is 0 Å². The maximum Gasteiger partial charge on any atom is 0.286 e. The number of aryl methyl sites for hydroxylation is 1. The summed E-state index contributed by atoms with van der Waals surface area (Å²) in [4.78, 5) is 18.6. The second-order valence-electron chi connectivity index (χ2n) is 6.38. The Kier molecular flexibility index (Phi) is 3.99. The summed E-state index contributed by atoms with van der Waals surface area (Å²) in [5, 5.41) is 5.21. The molecule has 0 saturated carbocycles. The molecule has 26 heavy (non-hydrogen) atoms. The summed E-state index contributed by atoms with van der Waals surface area (Å²) >= 11 is 0. The van der Waals surface area contributed by atoms with E-state index in [9.17, 15) is 13.2 Å². The number of sulfone groups is 1. The van der Waals surface area contributed by atoms with Gasteiger partial charge in [-0.25, -0.2) is 18.4 Å². The van der Waals surface area contributed by atoms with Gasteiger partial charge >= 0.3 is 0 Å². The fourth-order valence-corrected chi connectivity index (χ4v) is 4.52. The monoisotopic (exact) mass is 370 g/mol. The van der Waals surface area contributed by atoms with Crippen LogP contribution in [0.25, 0.3) is 0 Å². The van der Waals surface area contributed by atoms with Crippen molar-refractivity contribution >= 4 is 32.3 Å². The minimum Gasteiger partial charge on any atom is -0.337 e. The first-order chi connectivity index (χ1) is 12.5. The molecule has 0 atom stereocenters. The Morgan fingerprint density at radius 1 is 1.08 bits per heavy atom. The van der Waals surface area contributed by atoms with E-state index in [0.29, 0.717) is 18.8 Å². The Balaban J connectivity index is 1.87. The van der Waals surface area contributed by atoms with Crippen LogP contribution in [0, 0.1) is 6.92 Å². The number of hydrazone groups is 1. The summed E-state index contributed by atoms with van der Waals surface area (Å²) in [7, 11) is -4.01. The molecule has 8 heteroatoms. The molecule has 7 nitrogen and oxygen atoms in total. The third kappa shape index (κ3) is 2.66. The van der Waals surface area contributed by atoms with Crippen LogP contribution in [0.3, 0.4) is 0 Å². The van der Waals surface area contributed by atoms with Crippen LogP contribution in [0.5, 0.6) is 0 Å². The van der Waals surface area contributed by atoms with Gasteiger partial charge in [0.05, 0.1) is 5.69 Å². The van der Waals surface area contributed by atoms with Crippen LogP contribution >= 0.6 is 0 Å². The largest absolute Gasteiger partial charge is 0.337 e. The summed E-state index contributed by atoms with van der Waals surface area (Å²) in [6.07, 6.45) is 3.26. The normalized spacial score (nSPS) is 18.4. The van der Waals surface area contributed by atoms with Crippen molar-refractivity contribution in [2.24, 2.45) is 5.10 Å². The maximum absolute atomic E-state index is 13.0. The Morgan fingerprint density at radius 2 is 1.77 bits per heavy atom. The lowest BCUT2D eigenvalue weighted by Crippen LogP contribution is -2.41. The van der Waals surface area contributed by atoms with Crippen molar-refractivity contribution in [1.29, 1.82) is 0 Å². The molecule has 0 N–H and O–H groups in total. The number of rotatable bonds is 2. The van der Waals surface area contributed by atoms with Gasteiger partial charge in [0.1, 0.15) is 4.90 Å². The molecule has 0 radical (unpaired) electrons. The van der Waals surface area contributed by atoms with Gasteiger partial charge in [-0.05, 0) is 44.0 Å². The van der Waals surface area contributed by atoms with Crippen molar-refractivity contribution in [3.63, 3.8) is 0 Å². The van der Waals surface area contributed by atoms with Gasteiger partial charge in [0.15, 0.2) is 5.82 Å². The molecule has 2 aromatic rings. The Labute approximate surface area is 151 Å². The highest BCUT2D eigenvalue weighted by atomic mass is 32.2. The Morgan fingerprint density at radius 3 is 2.46 bits per heavy atom. The summed E-state index contributed by atoms with van der Waals surface area (Å²) in [6.45, 7) is 3.07. The second kappa shape index (κ2) is 6.21. The molecule has 1 amide bonds. The van der Waals surface area contributed by atoms with E-state index in [4.69, 9.17) is 0 Å². The number of benzene rings is 1. The molecular weight excluding hydrogens is 352 g/mol. The molecule has 2 aliphatic heterocycles. The number of pyridine rings is 1. The predicted molar refractivity (Wildman–Crippen MR) is 98.0 cm³/mol. The van der Waals surface area contributed by atoms with Gasteiger partial charge in [0.25, 0.3) is 5.91 Å². The van der Waals surface area contributed by atoms with E-state index in [-0.39, 0.29) is 10.7 Å². The molecule has 1 aromatic heterocycles. The van der Waals surface area contributed by atoms with E-state index in [0.717, 1.165) is 18.4 Å². The average molecular weight is 370 g/mol. The lowest BCUT2D eigenvalue weighted by Gasteiger charge is -2.27. The fourth-order valence-electron chi connectivity index (χ4n) is 3.13. The number of fused-ring (bicyclic) bond motifs is 1. The minimum atomic E-state index is -4.01. The lowest BCUT2D eigenvalue weighted by atomic mass is 10.2. The predicted octanol–water partition coefficient (Wildman–Crippen LogP) is 2.25. The molecule has 1 fully saturated rings. The topological polar surface area (TPSA) is 82.9 Å². The minimum absolute atomic E-state index is 0.00174. The van der Waals surface area contributed by atoms with Crippen molar-refractivity contribution < 1.29 is 13.2 Å². The van der Waals surface area contributed by atoms with E-state index in [2.05, 4.69) is 10.1 Å². The first-order valence-corrected chi connectivity index (χ1v) is 9.91. The van der Waals surface area contributed by atoms with Gasteiger partial charge in [-0.3, -0.25) is 4.79 Å². The first-order valence-electron chi connectivity index (χ1n) is 8.43. The fraction of sp³-hybridized carbons (Fsp3) is 0.278. The smallest absolute Gasteiger partial charge is 0.286 e. The molecule has 3 heterocycles. The molecule has 1 saturated heterocycles. The number of anilines is 2. The van der Waals surface area contributed by atoms with Crippen molar-refractivity contribution in [1.82, 2.24) is 9.88 Å². The number of likely N-dealkylation sites (tertiary alicyclic amines) is 1. The van der Waals surface area contributed by atoms with Crippen molar-refractivity contribution in [2.75, 3.05) is 18.1 Å². The van der Waals surface area contributed by atoms with Crippen LogP contribution in [0.4, 0.5) is 11.5 Å². The summed E-state index contributed by atoms with van der Waals surface area (Å²) in [6, 6.07) is 10.5. The van der Waals surface area contributed by atoms with Gasteiger partial charge in [0, 0.05) is 19.3 Å². The molecule has 134 valence electrons. The van der Waals surface area contributed by atoms with Crippen molar-refractivity contribution in [2.45, 2.75) is 24.7 Å². The standard InChI is InChI=1S/C18H18N4O3S/c1-13-6-8-14(9-7-13)22-16-15(5-4-10-19-16)26(24,25)17(20-22)18(23)21-11-2-3-12-21/h4-10H,2-3,11-12H2,1H3. The highest BCUT2D eigenvalue weighted by Gasteiger charge is 2.40. The Hall–Kier alpha value is -2.74. The van der Waals surface area contributed by atoms with Gasteiger partial charge < -0.3 is 4.90 Å². The van der Waals surface area contributed by atoms with E-state index < -0.39 is 20.8 Å². The highest BCUT2D eigenvalue weighted by molar-refractivity contribution is 8.08. The van der Waals surface area contributed by atoms with Crippen LogP contribution < -0.4 is 5.01 Å². The number of carbonyl (C=O) groups excluding carboxylic acids is 1. The van der Waals surface area contributed by atoms with Crippen LogP contribution in [0.2, 0.25) is 0 Å². The number of aromatic nitrogens is 1. The van der Waals surface area contributed by atoms with Gasteiger partial charge in [-0.2, -0.15) is 0 Å². The first kappa shape index (κ1) is 16.7. The summed E-state index contributed by atoms with van der Waals surface area (Å²) in [5.41, 5.74) is 1.72. The Bertz CT molecular complexity index is 993. The summed E-state index contributed by atoms with van der Waals surface area (Å²) in [5.74, 6) is -0.344. The third-order valence-corrected chi connectivity index (χ3v) is 6.20. The second-order valence-corrected chi connectivity index (χ2v) is 8.21. The van der Waals surface area contributed by atoms with Crippen LogP contribution in [-0.2, 0) is 14.6 Å². The van der Waals surface area contributed by atoms with E-state index in [1.165, 1.54) is 17.3 Å². The number of nitrogens with zero attached hydrogens (tertiary/aromatic N) is 4. The van der Waals surface area contributed by atoms with Crippen LogP contribution in [0.1, 0.15) is 18.4 Å². The number of hydrogen-bond acceptors (Lipinski definition) is 6. The third-order valence-electron chi connectivity index (χ3n) is 4.54. The highest BCUT2D eigenvalue weighted by Crippen LogP contribution is 2.35. The van der Waals surface area contributed by atoms with E-state index in [1.807, 2.05) is 31.2 Å². The van der Waals surface area contributed by atoms with Gasteiger partial charge in [-0.15, -0.1) is 5.10 Å². The SMILES string of the molecule is Cc1ccc(N2N=C(C(=O)N3CCCC3)S(=O)(=O)c3cccnc32)cc1. The molecular formula is C18H18N4O3S. The zero-order valence-electron chi connectivity index (χ0n) is 14.3. The summed E-state index contributed by atoms with van der Waals surface area (Å²) < 4.78 is 26.0. The zero-order chi connectivity index (χ0) is 18.3. The van der Waals surface area contributed by atoms with Crippen LogP contribution in [0.15, 0.2) is 52.6 Å². The van der Waals surface area contributed by atoms with Gasteiger partial charge in [0.2, 0.25) is 14.9 Å². The number of hydrogen-bond donors (Lipinski definition) is 0. The number of amides is 1. The molecule has 0 bridgehead atoms. The molecule has 0 unspecified atom stereocenters. The maximum atomic E-state index is 13.0. The van der Waals surface area contributed by atoms with Gasteiger partial charge in [-0.1, -0.05) is 17.7 Å². The molecule has 4 rings (SSSR count). The number of carbonyl (C=O) groups is 1. The molecule has 0 aliphatic carbocycles. The molecule has 0 spiro atoms. The zero-order valence-corrected chi connectivity index (χ0v) is 15.1. The van der Waals surface area contributed by atoms with Crippen LogP contribution in [-0.4, -0.2) is 42.3 Å². The quantitative estimate of drug-likeness (QED) is 0.810. The van der Waals surface area contributed by atoms with E-state index in [1.54, 1.807) is 11.0 Å². The molecule has 2 aliphatic rings. The van der Waals surface area contributed by atoms with Crippen molar-refractivity contribution in [3.05, 3.63) is 48.2 Å². The lowest BCUT2D eigenvalue weighted by molar-refractivity contribution is -0.122. The molecule has 1 aromatic carbocycles. The van der Waals surface area contributed by atoms with Crippen molar-refractivity contribution in [3.8, 4) is 0 Å².